The van der Waals surface area contributed by atoms with Crippen molar-refractivity contribution in [1.82, 2.24) is 4.57 Å². The molecule has 12 nitrogen and oxygen atoms in total. The Bertz CT molecular complexity index is 1990. The molecule has 232 valence electrons. The van der Waals surface area contributed by atoms with Crippen LogP contribution in [0.4, 0.5) is 11.4 Å². The highest BCUT2D eigenvalue weighted by Gasteiger charge is 2.57. The molecule has 3 unspecified atom stereocenters. The van der Waals surface area contributed by atoms with Crippen LogP contribution in [0.3, 0.4) is 0 Å². The number of anilines is 2. The maximum Gasteiger partial charge on any atom is 0.308 e. The number of carbonyl (C=O) groups is 3. The van der Waals surface area contributed by atoms with Gasteiger partial charge in [-0.05, 0) is 54.6 Å². The number of aromatic nitrogens is 1. The van der Waals surface area contributed by atoms with Gasteiger partial charge in [0.15, 0.2) is 0 Å². The van der Waals surface area contributed by atoms with Gasteiger partial charge in [-0.25, -0.2) is 18.5 Å². The molecule has 3 aromatic carbocycles. The Kier molecular flexibility index (Phi) is 8.03. The SMILES string of the molecule is COc1ccc(N2C(=O)C3Sc4c(sc(=O)n4CC(=O)Nc4ccc(S(N)(=O)=O)cc4)C(c4ccccc4OC)C3C2=O)cc1. The zero-order valence-corrected chi connectivity index (χ0v) is 26.3. The number of para-hydroxylation sites is 1. The molecule has 0 radical (unpaired) electrons. The van der Waals surface area contributed by atoms with Crippen LogP contribution in [-0.2, 0) is 31.0 Å². The summed E-state index contributed by atoms with van der Waals surface area (Å²) >= 11 is 2.01. The average molecular weight is 667 g/mol. The normalized spacial score (nSPS) is 19.2. The Morgan fingerprint density at radius 1 is 0.933 bits per heavy atom. The first kappa shape index (κ1) is 30.6. The Morgan fingerprint density at radius 3 is 2.27 bits per heavy atom. The summed E-state index contributed by atoms with van der Waals surface area (Å²) in [6.45, 7) is -0.380. The van der Waals surface area contributed by atoms with E-state index in [0.29, 0.717) is 38.3 Å². The molecular weight excluding hydrogens is 641 g/mol. The summed E-state index contributed by atoms with van der Waals surface area (Å²) in [6.07, 6.45) is 0. The highest BCUT2D eigenvalue weighted by atomic mass is 32.2. The molecule has 45 heavy (non-hydrogen) atoms. The van der Waals surface area contributed by atoms with Gasteiger partial charge in [-0.1, -0.05) is 41.3 Å². The van der Waals surface area contributed by atoms with E-state index in [1.54, 1.807) is 48.5 Å². The fraction of sp³-hybridized carbons (Fsp3) is 0.200. The number of hydrogen-bond acceptors (Lipinski definition) is 10. The van der Waals surface area contributed by atoms with Gasteiger partial charge in [0.25, 0.3) is 0 Å². The smallest absolute Gasteiger partial charge is 0.308 e. The molecule has 1 saturated heterocycles. The number of nitrogens with two attached hydrogens (primary N) is 1. The molecule has 3 N–H and O–H groups in total. The van der Waals surface area contributed by atoms with Crippen molar-refractivity contribution in [2.24, 2.45) is 11.1 Å². The molecule has 6 rings (SSSR count). The number of hydrogen-bond donors (Lipinski definition) is 2. The van der Waals surface area contributed by atoms with Gasteiger partial charge in [0.1, 0.15) is 23.3 Å². The van der Waals surface area contributed by atoms with Gasteiger partial charge in [0, 0.05) is 22.0 Å². The van der Waals surface area contributed by atoms with Crippen molar-refractivity contribution in [2.45, 2.75) is 27.6 Å². The van der Waals surface area contributed by atoms with Crippen molar-refractivity contribution >= 4 is 62.2 Å². The van der Waals surface area contributed by atoms with Crippen LogP contribution in [0, 0.1) is 5.92 Å². The molecule has 0 spiro atoms. The molecule has 1 fully saturated rings. The number of methoxy groups -OCH3 is 2. The molecule has 3 amide bonds. The Hall–Kier alpha value is -4.44. The quantitative estimate of drug-likeness (QED) is 0.269. The molecule has 3 atom stereocenters. The van der Waals surface area contributed by atoms with Crippen LogP contribution in [0.2, 0.25) is 0 Å². The van der Waals surface area contributed by atoms with Crippen LogP contribution >= 0.6 is 23.1 Å². The zero-order valence-electron chi connectivity index (χ0n) is 23.8. The maximum atomic E-state index is 14.1. The first-order valence-electron chi connectivity index (χ1n) is 13.5. The van der Waals surface area contributed by atoms with E-state index in [-0.39, 0.29) is 11.4 Å². The fourth-order valence-corrected chi connectivity index (χ4v) is 8.85. The minimum Gasteiger partial charge on any atom is -0.497 e. The number of carbonyl (C=O) groups excluding carboxylic acids is 3. The minimum atomic E-state index is -3.91. The third-order valence-corrected chi connectivity index (χ3v) is 11.2. The minimum absolute atomic E-state index is 0.114. The molecule has 3 heterocycles. The molecule has 0 saturated carbocycles. The maximum absolute atomic E-state index is 14.1. The molecule has 4 aromatic rings. The lowest BCUT2D eigenvalue weighted by Gasteiger charge is -2.31. The molecule has 1 aromatic heterocycles. The number of imide groups is 1. The first-order chi connectivity index (χ1) is 21.5. The van der Waals surface area contributed by atoms with E-state index < -0.39 is 49.7 Å². The lowest BCUT2D eigenvalue weighted by molar-refractivity contribution is -0.122. The second-order valence-electron chi connectivity index (χ2n) is 10.2. The number of primary sulfonamides is 1. The van der Waals surface area contributed by atoms with Crippen LogP contribution in [0.5, 0.6) is 11.5 Å². The summed E-state index contributed by atoms with van der Waals surface area (Å²) in [5.41, 5.74) is 1.34. The van der Waals surface area contributed by atoms with E-state index in [4.69, 9.17) is 14.6 Å². The highest BCUT2D eigenvalue weighted by Crippen LogP contribution is 2.55. The predicted octanol–water partition coefficient (Wildman–Crippen LogP) is 3.01. The molecule has 0 aliphatic carbocycles. The summed E-state index contributed by atoms with van der Waals surface area (Å²) in [4.78, 5) is 55.7. The highest BCUT2D eigenvalue weighted by molar-refractivity contribution is 8.00. The van der Waals surface area contributed by atoms with Crippen LogP contribution < -0.4 is 29.7 Å². The van der Waals surface area contributed by atoms with Crippen LogP contribution in [-0.4, -0.2) is 50.2 Å². The molecular formula is C30H26N4O8S3. The van der Waals surface area contributed by atoms with Crippen molar-refractivity contribution in [2.75, 3.05) is 24.4 Å². The lowest BCUT2D eigenvalue weighted by Crippen LogP contribution is -2.33. The third kappa shape index (κ3) is 5.52. The number of rotatable bonds is 8. The number of amides is 3. The van der Waals surface area contributed by atoms with Gasteiger partial charge >= 0.3 is 4.87 Å². The summed E-state index contributed by atoms with van der Waals surface area (Å²) in [5, 5.41) is 7.34. The molecule has 2 aliphatic rings. The third-order valence-electron chi connectivity index (χ3n) is 7.62. The Morgan fingerprint density at radius 2 is 1.62 bits per heavy atom. The Balaban J connectivity index is 1.38. The molecule has 2 aliphatic heterocycles. The number of thioether (sulfide) groups is 1. The number of nitrogens with one attached hydrogen (secondary N) is 1. The summed E-state index contributed by atoms with van der Waals surface area (Å²) in [6, 6.07) is 19.0. The van der Waals surface area contributed by atoms with Gasteiger partial charge < -0.3 is 14.8 Å². The van der Waals surface area contributed by atoms with E-state index in [2.05, 4.69) is 5.32 Å². The number of nitrogens with zero attached hydrogens (tertiary/aromatic N) is 2. The van der Waals surface area contributed by atoms with Gasteiger partial charge in [0.05, 0.1) is 35.7 Å². The van der Waals surface area contributed by atoms with E-state index in [1.807, 2.05) is 0 Å². The standard InChI is InChI=1S/C30H26N4O8S3/c1-41-18-11-9-17(10-12-18)34-27(36)24-23(20-5-3-4-6-21(20)42-2)26-29(43-25(24)28(34)37)33(30(38)44-26)15-22(35)32-16-7-13-19(14-8-16)45(31,39)40/h3-14,23-25H,15H2,1-2H3,(H,32,35)(H2,31,39,40). The monoisotopic (exact) mass is 666 g/mol. The summed E-state index contributed by atoms with van der Waals surface area (Å²) < 4.78 is 35.3. The van der Waals surface area contributed by atoms with Gasteiger partial charge in [-0.3, -0.25) is 23.7 Å². The van der Waals surface area contributed by atoms with Crippen LogP contribution in [0.1, 0.15) is 16.4 Å². The van der Waals surface area contributed by atoms with E-state index >= 15 is 0 Å². The summed E-state index contributed by atoms with van der Waals surface area (Å²) in [7, 11) is -0.880. The first-order valence-corrected chi connectivity index (χ1v) is 16.7. The van der Waals surface area contributed by atoms with Gasteiger partial charge in [-0.15, -0.1) is 0 Å². The summed E-state index contributed by atoms with van der Waals surface area (Å²) in [5.74, 6) is -1.86. The second-order valence-corrected chi connectivity index (χ2v) is 13.9. The van der Waals surface area contributed by atoms with E-state index in [0.717, 1.165) is 23.1 Å². The number of ether oxygens (including phenoxy) is 2. The second kappa shape index (κ2) is 11.8. The largest absolute Gasteiger partial charge is 0.497 e. The number of sulfonamides is 1. The zero-order chi connectivity index (χ0) is 32.0. The van der Waals surface area contributed by atoms with E-state index in [9.17, 15) is 27.6 Å². The van der Waals surface area contributed by atoms with Crippen molar-refractivity contribution < 1.29 is 32.3 Å². The van der Waals surface area contributed by atoms with Gasteiger partial charge in [-0.2, -0.15) is 0 Å². The van der Waals surface area contributed by atoms with Crippen molar-refractivity contribution in [3.8, 4) is 11.5 Å². The average Bonchev–Trinajstić information content (AvgIpc) is 3.47. The molecule has 15 heteroatoms. The lowest BCUT2D eigenvalue weighted by atomic mass is 9.82. The topological polar surface area (TPSA) is 167 Å². The number of benzene rings is 3. The van der Waals surface area contributed by atoms with E-state index in [1.165, 1.54) is 48.0 Å². The Labute approximate surface area is 265 Å². The van der Waals surface area contributed by atoms with Crippen LogP contribution in [0.15, 0.2) is 87.5 Å². The van der Waals surface area contributed by atoms with Crippen LogP contribution in [0.25, 0.3) is 0 Å². The van der Waals surface area contributed by atoms with Gasteiger partial charge in [0.2, 0.25) is 27.7 Å². The fourth-order valence-electron chi connectivity index (χ4n) is 5.57. The number of fused-ring (bicyclic) bond motifs is 2. The van der Waals surface area contributed by atoms with Crippen molar-refractivity contribution in [3.63, 3.8) is 0 Å². The van der Waals surface area contributed by atoms with Crippen molar-refractivity contribution in [1.29, 1.82) is 0 Å². The number of thiazole rings is 1. The van der Waals surface area contributed by atoms with Crippen molar-refractivity contribution in [3.05, 3.63) is 92.9 Å². The predicted molar refractivity (Wildman–Crippen MR) is 168 cm³/mol. The molecule has 0 bridgehead atoms.